The van der Waals surface area contributed by atoms with E-state index in [1.54, 1.807) is 13.2 Å². The summed E-state index contributed by atoms with van der Waals surface area (Å²) in [7, 11) is 1.56. The lowest BCUT2D eigenvalue weighted by Crippen LogP contribution is -2.22. The van der Waals surface area contributed by atoms with Gasteiger partial charge in [-0.25, -0.2) is 0 Å². The Morgan fingerprint density at radius 2 is 2.08 bits per heavy atom. The Hall–Kier alpha value is -2.44. The average Bonchev–Trinajstić information content (AvgIpc) is 3.22. The number of nitrogens with one attached hydrogen (secondary N) is 1. The van der Waals surface area contributed by atoms with Gasteiger partial charge in [-0.1, -0.05) is 17.7 Å². The Morgan fingerprint density at radius 3 is 2.92 bits per heavy atom. The number of halogens is 1. The van der Waals surface area contributed by atoms with Crippen molar-refractivity contribution in [1.29, 1.82) is 0 Å². The Balaban J connectivity index is 1.56. The zero-order valence-electron chi connectivity index (χ0n) is 13.3. The molecule has 7 heteroatoms. The van der Waals surface area contributed by atoms with Crippen LogP contribution in [0.1, 0.15) is 15.2 Å². The van der Waals surface area contributed by atoms with Crippen molar-refractivity contribution in [3.05, 3.63) is 51.9 Å². The number of methoxy groups -OCH3 is 1. The van der Waals surface area contributed by atoms with E-state index in [1.807, 2.05) is 30.3 Å². The molecule has 25 heavy (non-hydrogen) atoms. The lowest BCUT2D eigenvalue weighted by Gasteiger charge is -2.07. The van der Waals surface area contributed by atoms with Crippen molar-refractivity contribution >= 4 is 38.9 Å². The highest BCUT2D eigenvalue weighted by Crippen LogP contribution is 2.39. The fourth-order valence-corrected chi connectivity index (χ4v) is 4.08. The van der Waals surface area contributed by atoms with Crippen LogP contribution in [-0.4, -0.2) is 19.8 Å². The van der Waals surface area contributed by atoms with Crippen LogP contribution in [0.3, 0.4) is 0 Å². The normalized spacial score (nSPS) is 12.4. The maximum Gasteiger partial charge on any atom is 0.265 e. The van der Waals surface area contributed by atoms with Gasteiger partial charge in [0.25, 0.3) is 5.91 Å². The van der Waals surface area contributed by atoms with Gasteiger partial charge >= 0.3 is 0 Å². The largest absolute Gasteiger partial charge is 0.494 e. The van der Waals surface area contributed by atoms with Gasteiger partial charge in [-0.05, 0) is 35.9 Å². The highest BCUT2D eigenvalue weighted by molar-refractivity contribution is 7.21. The van der Waals surface area contributed by atoms with E-state index in [1.165, 1.54) is 11.3 Å². The standard InChI is InChI=1S/C18H14ClNO4S/c1-22-16-12-4-3-11(19)7-15(12)25-17(16)18(21)20-8-10-2-5-13-14(6-10)24-9-23-13/h2-7H,8-9H2,1H3,(H,20,21). The molecule has 0 saturated heterocycles. The fourth-order valence-electron chi connectivity index (χ4n) is 2.71. The number of hydrogen-bond acceptors (Lipinski definition) is 5. The molecule has 4 rings (SSSR count). The summed E-state index contributed by atoms with van der Waals surface area (Å²) in [6.07, 6.45) is 0. The molecule has 0 bridgehead atoms. The molecule has 1 aliphatic rings. The molecule has 1 aliphatic heterocycles. The smallest absolute Gasteiger partial charge is 0.265 e. The summed E-state index contributed by atoms with van der Waals surface area (Å²) in [4.78, 5) is 13.1. The molecule has 0 saturated carbocycles. The number of carbonyl (C=O) groups excluding carboxylic acids is 1. The summed E-state index contributed by atoms with van der Waals surface area (Å²) in [5.41, 5.74) is 0.931. The minimum absolute atomic E-state index is 0.188. The maximum absolute atomic E-state index is 12.6. The van der Waals surface area contributed by atoms with Crippen LogP contribution in [0, 0.1) is 0 Å². The topological polar surface area (TPSA) is 56.8 Å². The van der Waals surface area contributed by atoms with E-state index in [4.69, 9.17) is 25.8 Å². The van der Waals surface area contributed by atoms with Crippen molar-refractivity contribution in [1.82, 2.24) is 5.32 Å². The Labute approximate surface area is 153 Å². The van der Waals surface area contributed by atoms with Gasteiger partial charge in [0, 0.05) is 21.7 Å². The molecule has 0 fully saturated rings. The Morgan fingerprint density at radius 1 is 1.24 bits per heavy atom. The second-order valence-electron chi connectivity index (χ2n) is 5.48. The number of carbonyl (C=O) groups is 1. The number of ether oxygens (including phenoxy) is 3. The third-order valence-corrected chi connectivity index (χ3v) is 5.27. The van der Waals surface area contributed by atoms with Crippen molar-refractivity contribution in [2.75, 3.05) is 13.9 Å². The average molecular weight is 376 g/mol. The van der Waals surface area contributed by atoms with Gasteiger partial charge in [-0.15, -0.1) is 11.3 Å². The van der Waals surface area contributed by atoms with Gasteiger partial charge in [0.15, 0.2) is 11.5 Å². The van der Waals surface area contributed by atoms with Gasteiger partial charge < -0.3 is 19.5 Å². The molecule has 128 valence electrons. The minimum Gasteiger partial charge on any atom is -0.494 e. The first-order valence-corrected chi connectivity index (χ1v) is 8.78. The van der Waals surface area contributed by atoms with E-state index in [-0.39, 0.29) is 12.7 Å². The number of benzene rings is 2. The van der Waals surface area contributed by atoms with E-state index < -0.39 is 0 Å². The van der Waals surface area contributed by atoms with E-state index >= 15 is 0 Å². The van der Waals surface area contributed by atoms with Crippen molar-refractivity contribution in [2.45, 2.75) is 6.54 Å². The quantitative estimate of drug-likeness (QED) is 0.741. The third kappa shape index (κ3) is 2.99. The first kappa shape index (κ1) is 16.1. The monoisotopic (exact) mass is 375 g/mol. The molecule has 2 aromatic carbocycles. The van der Waals surface area contributed by atoms with Gasteiger partial charge in [-0.3, -0.25) is 4.79 Å². The summed E-state index contributed by atoms with van der Waals surface area (Å²) in [5, 5.41) is 4.43. The zero-order valence-corrected chi connectivity index (χ0v) is 14.9. The number of hydrogen-bond donors (Lipinski definition) is 1. The van der Waals surface area contributed by atoms with Crippen LogP contribution in [0.2, 0.25) is 5.02 Å². The molecule has 1 N–H and O–H groups in total. The summed E-state index contributed by atoms with van der Waals surface area (Å²) >= 11 is 7.39. The van der Waals surface area contributed by atoms with Gasteiger partial charge in [0.2, 0.25) is 6.79 Å². The van der Waals surface area contributed by atoms with Crippen LogP contribution < -0.4 is 19.5 Å². The SMILES string of the molecule is COc1c(C(=O)NCc2ccc3c(c2)OCO3)sc2cc(Cl)ccc12. The van der Waals surface area contributed by atoms with Crippen LogP contribution in [0.4, 0.5) is 0 Å². The number of rotatable bonds is 4. The molecule has 0 radical (unpaired) electrons. The lowest BCUT2D eigenvalue weighted by molar-refractivity contribution is 0.0952. The summed E-state index contributed by atoms with van der Waals surface area (Å²) in [5.74, 6) is 1.80. The van der Waals surface area contributed by atoms with E-state index in [9.17, 15) is 4.79 Å². The summed E-state index contributed by atoms with van der Waals surface area (Å²) < 4.78 is 17.0. The molecule has 0 unspecified atom stereocenters. The van der Waals surface area contributed by atoms with Crippen LogP contribution in [0.15, 0.2) is 36.4 Å². The van der Waals surface area contributed by atoms with Crippen molar-refractivity contribution < 1.29 is 19.0 Å². The highest BCUT2D eigenvalue weighted by atomic mass is 35.5. The van der Waals surface area contributed by atoms with Crippen molar-refractivity contribution in [3.8, 4) is 17.2 Å². The molecular weight excluding hydrogens is 362 g/mol. The third-order valence-electron chi connectivity index (χ3n) is 3.91. The zero-order chi connectivity index (χ0) is 17.4. The van der Waals surface area contributed by atoms with Crippen LogP contribution in [0.25, 0.3) is 10.1 Å². The van der Waals surface area contributed by atoms with Crippen LogP contribution in [-0.2, 0) is 6.54 Å². The van der Waals surface area contributed by atoms with Crippen molar-refractivity contribution in [2.24, 2.45) is 0 Å². The molecule has 0 atom stereocenters. The van der Waals surface area contributed by atoms with Crippen LogP contribution >= 0.6 is 22.9 Å². The molecule has 0 spiro atoms. The van der Waals surface area contributed by atoms with Gasteiger partial charge in [0.1, 0.15) is 10.6 Å². The Bertz CT molecular complexity index is 969. The molecule has 1 amide bonds. The van der Waals surface area contributed by atoms with Crippen LogP contribution in [0.5, 0.6) is 17.2 Å². The van der Waals surface area contributed by atoms with Gasteiger partial charge in [0.05, 0.1) is 7.11 Å². The lowest BCUT2D eigenvalue weighted by atomic mass is 10.2. The second kappa shape index (κ2) is 6.46. The molecule has 2 heterocycles. The van der Waals surface area contributed by atoms with Crippen molar-refractivity contribution in [3.63, 3.8) is 0 Å². The predicted molar refractivity (Wildman–Crippen MR) is 97.1 cm³/mol. The highest BCUT2D eigenvalue weighted by Gasteiger charge is 2.20. The maximum atomic E-state index is 12.6. The Kier molecular flexibility index (Phi) is 4.15. The summed E-state index contributed by atoms with van der Waals surface area (Å²) in [6.45, 7) is 0.611. The molecule has 0 aliphatic carbocycles. The first-order chi connectivity index (χ1) is 12.2. The molecule has 5 nitrogen and oxygen atoms in total. The van der Waals surface area contributed by atoms with Gasteiger partial charge in [-0.2, -0.15) is 0 Å². The number of thiophene rings is 1. The first-order valence-electron chi connectivity index (χ1n) is 7.58. The molecular formula is C18H14ClNO4S. The van der Waals surface area contributed by atoms with E-state index in [2.05, 4.69) is 5.32 Å². The predicted octanol–water partition coefficient (Wildman–Crippen LogP) is 4.22. The molecule has 1 aromatic heterocycles. The minimum atomic E-state index is -0.188. The second-order valence-corrected chi connectivity index (χ2v) is 6.96. The summed E-state index contributed by atoms with van der Waals surface area (Å²) in [6, 6.07) is 11.1. The number of fused-ring (bicyclic) bond motifs is 2. The fraction of sp³-hybridized carbons (Fsp3) is 0.167. The number of amides is 1. The van der Waals surface area contributed by atoms with E-state index in [0.717, 1.165) is 21.4 Å². The molecule has 3 aromatic rings. The van der Waals surface area contributed by atoms with E-state index in [0.29, 0.717) is 27.9 Å².